The number of aliphatic hydroxyl groups excluding tert-OH is 1. The van der Waals surface area contributed by atoms with Crippen LogP contribution in [-0.2, 0) is 6.54 Å². The molecule has 0 spiro atoms. The van der Waals surface area contributed by atoms with Crippen molar-refractivity contribution in [2.75, 3.05) is 6.54 Å². The Labute approximate surface area is 128 Å². The van der Waals surface area contributed by atoms with Gasteiger partial charge in [-0.3, -0.25) is 4.79 Å². The number of hydrogen-bond donors (Lipinski definition) is 2. The van der Waals surface area contributed by atoms with Crippen molar-refractivity contribution in [3.63, 3.8) is 0 Å². The first-order valence-corrected chi connectivity index (χ1v) is 7.21. The molecule has 2 aromatic rings. The fourth-order valence-electron chi connectivity index (χ4n) is 1.92. The van der Waals surface area contributed by atoms with Crippen molar-refractivity contribution >= 4 is 11.6 Å². The summed E-state index contributed by atoms with van der Waals surface area (Å²) in [6.45, 7) is 4.50. The van der Waals surface area contributed by atoms with Gasteiger partial charge in [-0.25, -0.2) is 0 Å². The molecule has 6 heteroatoms. The zero-order valence-electron chi connectivity index (χ0n) is 12.0. The average molecular weight is 311 g/mol. The third kappa shape index (κ3) is 4.20. The van der Waals surface area contributed by atoms with E-state index in [1.807, 2.05) is 13.8 Å². The van der Waals surface area contributed by atoms with Gasteiger partial charge in [0.15, 0.2) is 0 Å². The molecule has 0 radical (unpaired) electrons. The highest BCUT2D eigenvalue weighted by molar-refractivity contribution is 6.30. The zero-order valence-corrected chi connectivity index (χ0v) is 12.8. The molecule has 0 aliphatic carbocycles. The Hall–Kier alpha value is -1.56. The molecule has 2 rings (SSSR count). The first kappa shape index (κ1) is 15.8. The number of aromatic nitrogens is 1. The predicted molar refractivity (Wildman–Crippen MR) is 82.6 cm³/mol. The van der Waals surface area contributed by atoms with Gasteiger partial charge in [-0.15, -0.1) is 0 Å². The smallest absolute Gasteiger partial charge is 0.290 e. The van der Waals surface area contributed by atoms with Crippen LogP contribution in [-0.4, -0.2) is 28.5 Å². The van der Waals surface area contributed by atoms with Gasteiger partial charge in [0.1, 0.15) is 6.26 Å². The highest BCUT2D eigenvalue weighted by Gasteiger charge is 2.14. The Balaban J connectivity index is 2.10. The highest BCUT2D eigenvalue weighted by Crippen LogP contribution is 2.18. The Kier molecular flexibility index (Phi) is 5.22. The molecule has 5 nitrogen and oxygen atoms in total. The van der Waals surface area contributed by atoms with Crippen molar-refractivity contribution in [3.8, 4) is 11.1 Å². The summed E-state index contributed by atoms with van der Waals surface area (Å²) in [5, 5.41) is 13.6. The van der Waals surface area contributed by atoms with Gasteiger partial charge in [0.25, 0.3) is 5.56 Å². The maximum atomic E-state index is 12.2. The summed E-state index contributed by atoms with van der Waals surface area (Å²) in [6.07, 6.45) is 0.711. The Morgan fingerprint density at radius 2 is 2.00 bits per heavy atom. The van der Waals surface area contributed by atoms with Crippen LogP contribution in [0.5, 0.6) is 0 Å². The lowest BCUT2D eigenvalue weighted by molar-refractivity contribution is 0.107. The predicted octanol–water partition coefficient (Wildman–Crippen LogP) is 2.12. The van der Waals surface area contributed by atoms with Crippen LogP contribution in [0.15, 0.2) is 39.8 Å². The van der Waals surface area contributed by atoms with Gasteiger partial charge in [0.2, 0.25) is 0 Å². The van der Waals surface area contributed by atoms with E-state index in [4.69, 9.17) is 16.1 Å². The molecule has 21 heavy (non-hydrogen) atoms. The molecular formula is C15H19ClN2O3. The summed E-state index contributed by atoms with van der Waals surface area (Å²) in [5.74, 6) is 0. The zero-order chi connectivity index (χ0) is 15.4. The second-order valence-corrected chi connectivity index (χ2v) is 5.66. The molecule has 1 unspecified atom stereocenters. The van der Waals surface area contributed by atoms with Crippen molar-refractivity contribution in [3.05, 3.63) is 45.9 Å². The van der Waals surface area contributed by atoms with Gasteiger partial charge >= 0.3 is 0 Å². The molecule has 1 heterocycles. The molecule has 0 amide bonds. The van der Waals surface area contributed by atoms with Crippen molar-refractivity contribution in [1.82, 2.24) is 10.1 Å². The topological polar surface area (TPSA) is 67.4 Å². The molecule has 1 atom stereocenters. The van der Waals surface area contributed by atoms with Gasteiger partial charge in [-0.1, -0.05) is 37.6 Å². The lowest BCUT2D eigenvalue weighted by Crippen LogP contribution is -2.35. The van der Waals surface area contributed by atoms with E-state index in [0.717, 1.165) is 10.3 Å². The highest BCUT2D eigenvalue weighted by atomic mass is 35.5. The molecule has 1 aromatic carbocycles. The minimum Gasteiger partial charge on any atom is -0.390 e. The molecule has 0 aliphatic heterocycles. The normalized spacial score (nSPS) is 12.8. The summed E-state index contributed by atoms with van der Waals surface area (Å²) in [5.41, 5.74) is 0.929. The van der Waals surface area contributed by atoms with Gasteiger partial charge in [-0.05, 0) is 17.7 Å². The molecule has 1 aromatic heterocycles. The third-order valence-electron chi connectivity index (χ3n) is 3.05. The number of rotatable bonds is 6. The average Bonchev–Trinajstić information content (AvgIpc) is 2.79. The standard InChI is InChI=1S/C15H19ClN2O3/c1-10(2)17-7-13(19)8-18-15(20)14(9-21-18)11-3-5-12(16)6-4-11/h3-6,9-10,13,17,19H,7-8H2,1-2H3. The fourth-order valence-corrected chi connectivity index (χ4v) is 2.05. The third-order valence-corrected chi connectivity index (χ3v) is 3.30. The number of nitrogens with zero attached hydrogens (tertiary/aromatic N) is 1. The number of nitrogens with one attached hydrogen (secondary N) is 1. The lowest BCUT2D eigenvalue weighted by Gasteiger charge is -2.13. The Morgan fingerprint density at radius 1 is 1.33 bits per heavy atom. The van der Waals surface area contributed by atoms with Crippen LogP contribution in [0.3, 0.4) is 0 Å². The molecule has 2 N–H and O–H groups in total. The van der Waals surface area contributed by atoms with E-state index in [1.54, 1.807) is 24.3 Å². The summed E-state index contributed by atoms with van der Waals surface area (Å²) in [6, 6.07) is 7.23. The molecule has 0 bridgehead atoms. The second kappa shape index (κ2) is 6.93. The van der Waals surface area contributed by atoms with Crippen LogP contribution >= 0.6 is 11.6 Å². The second-order valence-electron chi connectivity index (χ2n) is 5.23. The van der Waals surface area contributed by atoms with Crippen LogP contribution in [0.4, 0.5) is 0 Å². The summed E-state index contributed by atoms with van der Waals surface area (Å²) >= 11 is 5.83. The van der Waals surface area contributed by atoms with Gasteiger partial charge in [0, 0.05) is 17.6 Å². The van der Waals surface area contributed by atoms with Crippen LogP contribution < -0.4 is 10.9 Å². The molecule has 114 valence electrons. The number of aliphatic hydroxyl groups is 1. The minimum absolute atomic E-state index is 0.117. The van der Waals surface area contributed by atoms with Gasteiger partial charge in [0.05, 0.1) is 18.2 Å². The molecule has 0 fully saturated rings. The number of halogens is 1. The number of hydrogen-bond acceptors (Lipinski definition) is 4. The monoisotopic (exact) mass is 310 g/mol. The van der Waals surface area contributed by atoms with Crippen LogP contribution in [0.25, 0.3) is 11.1 Å². The quantitative estimate of drug-likeness (QED) is 0.857. The lowest BCUT2D eigenvalue weighted by atomic mass is 10.1. The van der Waals surface area contributed by atoms with Crippen molar-refractivity contribution in [2.24, 2.45) is 0 Å². The minimum atomic E-state index is -0.686. The van der Waals surface area contributed by atoms with E-state index in [1.165, 1.54) is 6.26 Å². The van der Waals surface area contributed by atoms with Crippen molar-refractivity contribution < 1.29 is 9.63 Å². The van der Waals surface area contributed by atoms with Crippen LogP contribution in [0.1, 0.15) is 13.8 Å². The van der Waals surface area contributed by atoms with E-state index in [0.29, 0.717) is 17.1 Å². The molecular weight excluding hydrogens is 292 g/mol. The maximum Gasteiger partial charge on any atom is 0.290 e. The van der Waals surface area contributed by atoms with Gasteiger partial charge in [-0.2, -0.15) is 4.74 Å². The first-order valence-electron chi connectivity index (χ1n) is 6.83. The fraction of sp³-hybridized carbons (Fsp3) is 0.400. The number of benzene rings is 1. The summed E-state index contributed by atoms with van der Waals surface area (Å²) < 4.78 is 6.40. The maximum absolute atomic E-state index is 12.2. The van der Waals surface area contributed by atoms with Crippen molar-refractivity contribution in [1.29, 1.82) is 0 Å². The van der Waals surface area contributed by atoms with E-state index in [9.17, 15) is 9.90 Å². The Bertz CT molecular complexity index is 631. The van der Waals surface area contributed by atoms with Crippen LogP contribution in [0, 0.1) is 0 Å². The first-order chi connectivity index (χ1) is 9.97. The van der Waals surface area contributed by atoms with E-state index >= 15 is 0 Å². The van der Waals surface area contributed by atoms with E-state index in [2.05, 4.69) is 5.32 Å². The van der Waals surface area contributed by atoms with Gasteiger partial charge < -0.3 is 14.9 Å². The molecule has 0 saturated heterocycles. The molecule has 0 aliphatic rings. The summed E-state index contributed by atoms with van der Waals surface area (Å²) in [4.78, 5) is 12.2. The van der Waals surface area contributed by atoms with E-state index in [-0.39, 0.29) is 18.1 Å². The van der Waals surface area contributed by atoms with Crippen LogP contribution in [0.2, 0.25) is 5.02 Å². The largest absolute Gasteiger partial charge is 0.390 e. The van der Waals surface area contributed by atoms with E-state index < -0.39 is 6.10 Å². The summed E-state index contributed by atoms with van der Waals surface area (Å²) in [7, 11) is 0. The SMILES string of the molecule is CC(C)NCC(O)Cn1occ(-c2ccc(Cl)cc2)c1=O. The van der Waals surface area contributed by atoms with Crippen molar-refractivity contribution in [2.45, 2.75) is 32.5 Å². The Morgan fingerprint density at radius 3 is 2.62 bits per heavy atom. The molecule has 0 saturated carbocycles.